The van der Waals surface area contributed by atoms with Gasteiger partial charge in [0.15, 0.2) is 0 Å². The molecule has 206 valence electrons. The second-order valence-corrected chi connectivity index (χ2v) is 11.0. The Bertz CT molecular complexity index is 1440. The average molecular weight is 557 g/mol. The maximum absolute atomic E-state index is 14.2. The highest BCUT2D eigenvalue weighted by Gasteiger charge is 2.38. The van der Waals surface area contributed by atoms with Crippen LogP contribution in [0.15, 0.2) is 30.6 Å². The van der Waals surface area contributed by atoms with Gasteiger partial charge in [-0.3, -0.25) is 10.1 Å². The molecule has 0 bridgehead atoms. The van der Waals surface area contributed by atoms with Crippen LogP contribution in [0.2, 0.25) is 5.02 Å². The van der Waals surface area contributed by atoms with E-state index in [9.17, 15) is 14.5 Å². The zero-order valence-corrected chi connectivity index (χ0v) is 23.2. The Morgan fingerprint density at radius 1 is 1.23 bits per heavy atom. The molecule has 0 saturated carbocycles. The Morgan fingerprint density at radius 3 is 2.67 bits per heavy atom. The quantitative estimate of drug-likeness (QED) is 0.318. The molecule has 0 radical (unpaired) electrons. The van der Waals surface area contributed by atoms with E-state index >= 15 is 0 Å². The van der Waals surface area contributed by atoms with Gasteiger partial charge in [0, 0.05) is 48.9 Å². The van der Waals surface area contributed by atoms with E-state index in [1.54, 1.807) is 12.1 Å². The Morgan fingerprint density at radius 2 is 2.00 bits per heavy atom. The molecule has 1 saturated heterocycles. The van der Waals surface area contributed by atoms with E-state index in [2.05, 4.69) is 25.2 Å². The predicted molar refractivity (Wildman–Crippen MR) is 149 cm³/mol. The number of rotatable bonds is 7. The van der Waals surface area contributed by atoms with Crippen LogP contribution in [0.5, 0.6) is 5.75 Å². The second-order valence-electron chi connectivity index (χ2n) is 10.6. The molecule has 11 nitrogen and oxygen atoms in total. The lowest BCUT2D eigenvalue weighted by Gasteiger charge is -2.23. The first kappa shape index (κ1) is 26.8. The number of halogens is 2. The van der Waals surface area contributed by atoms with Crippen molar-refractivity contribution in [2.45, 2.75) is 31.7 Å². The highest BCUT2D eigenvalue weighted by Crippen LogP contribution is 2.45. The maximum Gasteiger partial charge on any atom is 0.294 e. The Kier molecular flexibility index (Phi) is 6.93. The lowest BCUT2D eigenvalue weighted by Crippen LogP contribution is -2.31. The van der Waals surface area contributed by atoms with Crippen molar-refractivity contribution >= 4 is 46.2 Å². The third-order valence-electron chi connectivity index (χ3n) is 7.39. The molecule has 3 aromatic rings. The van der Waals surface area contributed by atoms with Crippen LogP contribution in [-0.2, 0) is 5.41 Å². The number of methoxy groups -OCH3 is 1. The van der Waals surface area contributed by atoms with Crippen molar-refractivity contribution in [3.63, 3.8) is 0 Å². The Labute approximate surface area is 230 Å². The summed E-state index contributed by atoms with van der Waals surface area (Å²) >= 11 is 6.09. The van der Waals surface area contributed by atoms with Crippen molar-refractivity contribution in [2.75, 3.05) is 56.0 Å². The van der Waals surface area contributed by atoms with Gasteiger partial charge in [0.25, 0.3) is 5.69 Å². The molecule has 2 aromatic carbocycles. The lowest BCUT2D eigenvalue weighted by atomic mass is 9.87. The number of nitro benzene ring substituents is 1. The highest BCUT2D eigenvalue weighted by atomic mass is 35.5. The van der Waals surface area contributed by atoms with E-state index in [-0.39, 0.29) is 22.1 Å². The van der Waals surface area contributed by atoms with Crippen LogP contribution < -0.4 is 19.9 Å². The first-order chi connectivity index (χ1) is 18.5. The number of nitro groups is 1. The molecule has 13 heteroatoms. The van der Waals surface area contributed by atoms with Gasteiger partial charge in [0.05, 0.1) is 22.7 Å². The van der Waals surface area contributed by atoms with Crippen molar-refractivity contribution in [3.8, 4) is 5.75 Å². The SMILES string of the molecule is COc1cc(N2CCC(N(C)C)C2)c([N+](=O)[O-])cc1Nc1ncnc(N2CC(C)(C)c3cc(F)c(Cl)cc32)n1. The molecule has 3 heterocycles. The van der Waals surface area contributed by atoms with Crippen LogP contribution in [0.3, 0.4) is 0 Å². The molecule has 39 heavy (non-hydrogen) atoms. The fraction of sp³-hybridized carbons (Fsp3) is 0.423. The van der Waals surface area contributed by atoms with Gasteiger partial charge in [0.2, 0.25) is 11.9 Å². The van der Waals surface area contributed by atoms with E-state index in [0.717, 1.165) is 12.0 Å². The van der Waals surface area contributed by atoms with Gasteiger partial charge in [-0.1, -0.05) is 25.4 Å². The number of nitrogens with one attached hydrogen (secondary N) is 1. The van der Waals surface area contributed by atoms with Crippen molar-refractivity contribution in [2.24, 2.45) is 0 Å². The van der Waals surface area contributed by atoms with Crippen LogP contribution in [0.4, 0.5) is 39.0 Å². The minimum absolute atomic E-state index is 0.0101. The summed E-state index contributed by atoms with van der Waals surface area (Å²) in [5.41, 5.74) is 1.94. The van der Waals surface area contributed by atoms with Gasteiger partial charge >= 0.3 is 0 Å². The summed E-state index contributed by atoms with van der Waals surface area (Å²) in [6.45, 7) is 5.90. The molecular weight excluding hydrogens is 527 g/mol. The zero-order valence-electron chi connectivity index (χ0n) is 22.4. The second kappa shape index (κ2) is 10.1. The third kappa shape index (κ3) is 5.01. The molecule has 0 amide bonds. The summed E-state index contributed by atoms with van der Waals surface area (Å²) in [6, 6.07) is 6.45. The van der Waals surface area contributed by atoms with Crippen LogP contribution in [0, 0.1) is 15.9 Å². The first-order valence-electron chi connectivity index (χ1n) is 12.5. The van der Waals surface area contributed by atoms with Crippen LogP contribution in [-0.4, -0.2) is 71.7 Å². The van der Waals surface area contributed by atoms with Crippen LogP contribution in [0.1, 0.15) is 25.8 Å². The smallest absolute Gasteiger partial charge is 0.294 e. The molecule has 1 fully saturated rings. The number of nitrogens with zero attached hydrogens (tertiary/aromatic N) is 7. The zero-order chi connectivity index (χ0) is 28.1. The number of benzene rings is 2. The lowest BCUT2D eigenvalue weighted by molar-refractivity contribution is -0.384. The molecular formula is C26H30ClFN8O3. The fourth-order valence-corrected chi connectivity index (χ4v) is 5.41. The summed E-state index contributed by atoms with van der Waals surface area (Å²) < 4.78 is 19.8. The number of likely N-dealkylation sites (N-methyl/N-ethyl adjacent to an activating group) is 1. The van der Waals surface area contributed by atoms with Gasteiger partial charge in [-0.05, 0) is 38.2 Å². The largest absolute Gasteiger partial charge is 0.494 e. The molecule has 1 atom stereocenters. The molecule has 1 N–H and O–H groups in total. The van der Waals surface area contributed by atoms with Crippen LogP contribution >= 0.6 is 11.6 Å². The van der Waals surface area contributed by atoms with E-state index in [0.29, 0.717) is 54.4 Å². The number of ether oxygens (including phenoxy) is 1. The highest BCUT2D eigenvalue weighted by molar-refractivity contribution is 6.31. The number of aromatic nitrogens is 3. The van der Waals surface area contributed by atoms with Crippen molar-refractivity contribution in [1.29, 1.82) is 0 Å². The topological polar surface area (TPSA) is 113 Å². The molecule has 5 rings (SSSR count). The van der Waals surface area contributed by atoms with E-state index < -0.39 is 10.7 Å². The normalized spacial score (nSPS) is 18.0. The summed E-state index contributed by atoms with van der Waals surface area (Å²) in [6.07, 6.45) is 2.26. The monoisotopic (exact) mass is 556 g/mol. The van der Waals surface area contributed by atoms with E-state index in [1.165, 1.54) is 25.6 Å². The van der Waals surface area contributed by atoms with Gasteiger partial charge in [-0.15, -0.1) is 0 Å². The number of anilines is 5. The summed E-state index contributed by atoms with van der Waals surface area (Å²) in [4.78, 5) is 30.8. The summed E-state index contributed by atoms with van der Waals surface area (Å²) in [5, 5.41) is 15.1. The van der Waals surface area contributed by atoms with Crippen LogP contribution in [0.25, 0.3) is 0 Å². The summed E-state index contributed by atoms with van der Waals surface area (Å²) in [7, 11) is 5.52. The van der Waals surface area contributed by atoms with E-state index in [4.69, 9.17) is 16.3 Å². The molecule has 2 aliphatic heterocycles. The average Bonchev–Trinajstić information content (AvgIpc) is 3.48. The molecule has 0 aliphatic carbocycles. The molecule has 1 aromatic heterocycles. The predicted octanol–water partition coefficient (Wildman–Crippen LogP) is 4.89. The number of hydrogen-bond acceptors (Lipinski definition) is 10. The minimum atomic E-state index is -0.480. The number of fused-ring (bicyclic) bond motifs is 1. The van der Waals surface area contributed by atoms with Gasteiger partial charge in [-0.25, -0.2) is 14.4 Å². The Hall–Kier alpha value is -3.77. The van der Waals surface area contributed by atoms with Gasteiger partial charge in [-0.2, -0.15) is 4.98 Å². The molecule has 2 aliphatic rings. The standard InChI is InChI=1S/C26H30ClFN8O3/c1-26(2)13-35(20-9-17(27)18(28)8-16(20)26)25-30-14-29-24(32-25)31-19-10-22(36(37)38)21(11-23(19)39-5)34-7-6-15(12-34)33(3)4/h8-11,14-15H,6-7,12-13H2,1-5H3,(H,29,30,31,32). The molecule has 0 spiro atoms. The summed E-state index contributed by atoms with van der Waals surface area (Å²) in [5.74, 6) is 0.444. The molecule has 1 unspecified atom stereocenters. The van der Waals surface area contributed by atoms with Gasteiger partial charge in [0.1, 0.15) is 23.6 Å². The third-order valence-corrected chi connectivity index (χ3v) is 7.68. The van der Waals surface area contributed by atoms with Crippen molar-refractivity contribution in [1.82, 2.24) is 19.9 Å². The maximum atomic E-state index is 14.2. The first-order valence-corrected chi connectivity index (χ1v) is 12.9. The number of hydrogen-bond donors (Lipinski definition) is 1. The van der Waals surface area contributed by atoms with Gasteiger partial charge < -0.3 is 24.8 Å². The van der Waals surface area contributed by atoms with Crippen molar-refractivity contribution < 1.29 is 14.1 Å². The van der Waals surface area contributed by atoms with Crippen molar-refractivity contribution in [3.05, 3.63) is 57.1 Å². The minimum Gasteiger partial charge on any atom is -0.494 e. The van der Waals surface area contributed by atoms with E-state index in [1.807, 2.05) is 37.7 Å². The fourth-order valence-electron chi connectivity index (χ4n) is 5.25. The Balaban J connectivity index is 1.47.